The molecule has 0 radical (unpaired) electrons. The van der Waals surface area contributed by atoms with Crippen LogP contribution >= 0.6 is 15.9 Å². The fourth-order valence-corrected chi connectivity index (χ4v) is 2.30. The number of non-ortho nitro benzene ring substituents is 1. The molecule has 104 valence electrons. The van der Waals surface area contributed by atoms with Crippen molar-refractivity contribution in [1.82, 2.24) is 4.98 Å². The van der Waals surface area contributed by atoms with Crippen LogP contribution in [0.15, 0.2) is 47.2 Å². The summed E-state index contributed by atoms with van der Waals surface area (Å²) in [5, 5.41) is 20.1. The molecule has 0 saturated carbocycles. The Labute approximate surface area is 128 Å². The summed E-state index contributed by atoms with van der Waals surface area (Å²) in [5.74, 6) is -1.55. The Hall–Kier alpha value is -2.59. The zero-order chi connectivity index (χ0) is 15.4. The first-order valence-corrected chi connectivity index (χ1v) is 6.61. The van der Waals surface area contributed by atoms with Gasteiger partial charge in [-0.15, -0.1) is 0 Å². The second kappa shape index (κ2) is 6.24. The van der Waals surface area contributed by atoms with E-state index in [0.29, 0.717) is 10.0 Å². The number of nitriles is 1. The Kier molecular flexibility index (Phi) is 4.40. The largest absolute Gasteiger partial charge is 0.292 e. The zero-order valence-electron chi connectivity index (χ0n) is 10.6. The minimum Gasteiger partial charge on any atom is -0.292 e. The van der Waals surface area contributed by atoms with Crippen LogP contribution in [-0.4, -0.2) is 15.7 Å². The van der Waals surface area contributed by atoms with E-state index >= 15 is 0 Å². The lowest BCUT2D eigenvalue weighted by atomic mass is 9.93. The van der Waals surface area contributed by atoms with E-state index in [-0.39, 0.29) is 11.3 Å². The molecule has 0 bridgehead atoms. The Balaban J connectivity index is 2.44. The molecule has 0 spiro atoms. The normalized spacial score (nSPS) is 11.4. The molecular weight excluding hydrogens is 338 g/mol. The minimum atomic E-state index is -1.05. The van der Waals surface area contributed by atoms with E-state index in [9.17, 15) is 20.2 Å². The summed E-state index contributed by atoms with van der Waals surface area (Å²) in [7, 11) is 0. The van der Waals surface area contributed by atoms with Gasteiger partial charge in [0.05, 0.1) is 11.0 Å². The molecule has 0 saturated heterocycles. The summed E-state index contributed by atoms with van der Waals surface area (Å²) in [5.41, 5.74) is 0.342. The summed E-state index contributed by atoms with van der Waals surface area (Å²) in [6, 6.07) is 9.06. The van der Waals surface area contributed by atoms with Crippen LogP contribution in [0.2, 0.25) is 0 Å². The predicted octanol–water partition coefficient (Wildman–Crippen LogP) is 3.24. The first kappa shape index (κ1) is 14.8. The van der Waals surface area contributed by atoms with Crippen molar-refractivity contribution in [1.29, 1.82) is 5.26 Å². The Morgan fingerprint density at radius 3 is 2.76 bits per heavy atom. The van der Waals surface area contributed by atoms with Crippen LogP contribution < -0.4 is 0 Å². The lowest BCUT2D eigenvalue weighted by molar-refractivity contribution is -0.385. The Bertz CT molecular complexity index is 741. The van der Waals surface area contributed by atoms with Gasteiger partial charge in [-0.25, -0.2) is 0 Å². The van der Waals surface area contributed by atoms with Gasteiger partial charge in [0.25, 0.3) is 5.69 Å². The Morgan fingerprint density at radius 1 is 1.43 bits per heavy atom. The first-order chi connectivity index (χ1) is 10.0. The van der Waals surface area contributed by atoms with Crippen molar-refractivity contribution in [2.75, 3.05) is 0 Å². The van der Waals surface area contributed by atoms with Crippen LogP contribution in [0, 0.1) is 21.4 Å². The fourth-order valence-electron chi connectivity index (χ4n) is 1.82. The molecule has 0 fully saturated rings. The number of benzene rings is 1. The topological polar surface area (TPSA) is 96.9 Å². The zero-order valence-corrected chi connectivity index (χ0v) is 12.1. The molecule has 1 aromatic heterocycles. The van der Waals surface area contributed by atoms with E-state index < -0.39 is 16.6 Å². The number of halogens is 1. The van der Waals surface area contributed by atoms with Crippen LogP contribution in [0.5, 0.6) is 0 Å². The van der Waals surface area contributed by atoms with Crippen molar-refractivity contribution in [3.8, 4) is 6.07 Å². The van der Waals surface area contributed by atoms with Crippen LogP contribution in [0.25, 0.3) is 0 Å². The van der Waals surface area contributed by atoms with Crippen LogP contribution in [-0.2, 0) is 0 Å². The number of pyridine rings is 1. The molecule has 0 N–H and O–H groups in total. The number of carbonyl (C=O) groups is 1. The highest BCUT2D eigenvalue weighted by atomic mass is 79.9. The van der Waals surface area contributed by atoms with Gasteiger partial charge in [-0.2, -0.15) is 5.26 Å². The van der Waals surface area contributed by atoms with Crippen molar-refractivity contribution >= 4 is 27.4 Å². The van der Waals surface area contributed by atoms with Crippen LogP contribution in [0.3, 0.4) is 0 Å². The second-order valence-corrected chi connectivity index (χ2v) is 5.08. The number of Topliss-reactive ketones (excluding diaryl/α,β-unsaturated/α-hetero) is 1. The van der Waals surface area contributed by atoms with Gasteiger partial charge in [-0.1, -0.05) is 22.0 Å². The van der Waals surface area contributed by atoms with Crippen LogP contribution in [0.1, 0.15) is 21.8 Å². The SMILES string of the molecule is N#CC(C(=O)c1cc(Br)cc([N+](=O)[O-])c1)c1cccnc1. The number of nitrogens with zero attached hydrogens (tertiary/aromatic N) is 3. The number of nitro benzene ring substituents is 1. The predicted molar refractivity (Wildman–Crippen MR) is 77.7 cm³/mol. The maximum absolute atomic E-state index is 12.4. The molecule has 0 amide bonds. The molecule has 0 aliphatic carbocycles. The van der Waals surface area contributed by atoms with E-state index in [1.54, 1.807) is 12.1 Å². The third-order valence-electron chi connectivity index (χ3n) is 2.79. The second-order valence-electron chi connectivity index (χ2n) is 4.17. The van der Waals surface area contributed by atoms with Gasteiger partial charge < -0.3 is 0 Å². The standard InChI is InChI=1S/C14H8BrN3O3/c15-11-4-10(5-12(6-11)18(20)21)14(19)13(7-16)9-2-1-3-17-8-9/h1-6,8,13H. The molecular formula is C14H8BrN3O3. The van der Waals surface area contributed by atoms with Gasteiger partial charge in [0.1, 0.15) is 5.92 Å². The van der Waals surface area contributed by atoms with Gasteiger partial charge in [-0.3, -0.25) is 19.9 Å². The average molecular weight is 346 g/mol. The maximum atomic E-state index is 12.4. The summed E-state index contributed by atoms with van der Waals surface area (Å²) in [6.45, 7) is 0. The third-order valence-corrected chi connectivity index (χ3v) is 3.24. The molecule has 0 aliphatic heterocycles. The third kappa shape index (κ3) is 3.30. The first-order valence-electron chi connectivity index (χ1n) is 5.81. The smallest absolute Gasteiger partial charge is 0.271 e. The summed E-state index contributed by atoms with van der Waals surface area (Å²) in [6.07, 6.45) is 2.96. The molecule has 21 heavy (non-hydrogen) atoms. The molecule has 2 aromatic rings. The quantitative estimate of drug-likeness (QED) is 0.481. The number of carbonyl (C=O) groups excluding carboxylic acids is 1. The van der Waals surface area contributed by atoms with Crippen LogP contribution in [0.4, 0.5) is 5.69 Å². The molecule has 1 aromatic carbocycles. The highest BCUT2D eigenvalue weighted by molar-refractivity contribution is 9.10. The van der Waals surface area contributed by atoms with Crippen molar-refractivity contribution in [3.05, 3.63) is 68.4 Å². The minimum absolute atomic E-state index is 0.103. The average Bonchev–Trinajstić information content (AvgIpc) is 2.48. The Morgan fingerprint density at radius 2 is 2.19 bits per heavy atom. The number of nitro groups is 1. The maximum Gasteiger partial charge on any atom is 0.271 e. The van der Waals surface area contributed by atoms with Gasteiger partial charge in [0.2, 0.25) is 0 Å². The number of aromatic nitrogens is 1. The van der Waals surface area contributed by atoms with Crippen molar-refractivity contribution in [3.63, 3.8) is 0 Å². The van der Waals surface area contributed by atoms with E-state index in [0.717, 1.165) is 6.07 Å². The number of ketones is 1. The number of hydrogen-bond donors (Lipinski definition) is 0. The summed E-state index contributed by atoms with van der Waals surface area (Å²) in [4.78, 5) is 26.5. The molecule has 1 unspecified atom stereocenters. The summed E-state index contributed by atoms with van der Waals surface area (Å²) < 4.78 is 0.405. The molecule has 0 aliphatic rings. The molecule has 2 rings (SSSR count). The van der Waals surface area contributed by atoms with Gasteiger partial charge >= 0.3 is 0 Å². The van der Waals surface area contributed by atoms with Crippen molar-refractivity contribution in [2.45, 2.75) is 5.92 Å². The van der Waals surface area contributed by atoms with Gasteiger partial charge in [-0.05, 0) is 17.7 Å². The molecule has 7 heteroatoms. The van der Waals surface area contributed by atoms with E-state index in [1.807, 2.05) is 6.07 Å². The lowest BCUT2D eigenvalue weighted by Crippen LogP contribution is -2.12. The number of hydrogen-bond acceptors (Lipinski definition) is 5. The van der Waals surface area contributed by atoms with E-state index in [2.05, 4.69) is 20.9 Å². The highest BCUT2D eigenvalue weighted by Crippen LogP contribution is 2.26. The number of rotatable bonds is 4. The van der Waals surface area contributed by atoms with E-state index in [4.69, 9.17) is 0 Å². The highest BCUT2D eigenvalue weighted by Gasteiger charge is 2.24. The van der Waals surface area contributed by atoms with Crippen molar-refractivity contribution in [2.24, 2.45) is 0 Å². The summed E-state index contributed by atoms with van der Waals surface area (Å²) >= 11 is 3.12. The monoisotopic (exact) mass is 345 g/mol. The molecule has 1 atom stereocenters. The van der Waals surface area contributed by atoms with Gasteiger partial charge in [0.15, 0.2) is 5.78 Å². The van der Waals surface area contributed by atoms with Gasteiger partial charge in [0, 0.05) is 34.6 Å². The lowest BCUT2D eigenvalue weighted by Gasteiger charge is -2.08. The molecule has 6 nitrogen and oxygen atoms in total. The molecule has 1 heterocycles. The van der Waals surface area contributed by atoms with E-state index in [1.165, 1.54) is 24.5 Å². The fraction of sp³-hybridized carbons (Fsp3) is 0.0714. The van der Waals surface area contributed by atoms with Crippen molar-refractivity contribution < 1.29 is 9.72 Å².